The van der Waals surface area contributed by atoms with Gasteiger partial charge in [-0.25, -0.2) is 8.42 Å². The molecular weight excluding hydrogens is 402 g/mol. The standard InChI is InChI=1S/C22H19N3O4S/c1-2-15-5-3-6-17(13-15)24-30(28,29)18-10-8-16(9-11-18)14-25-21(26)19-7-4-12-23-20(19)22(25)27/h3-13,24H,2,14H2,1H3. The van der Waals surface area contributed by atoms with Crippen LogP contribution in [-0.2, 0) is 23.0 Å². The molecule has 0 unspecified atom stereocenters. The van der Waals surface area contributed by atoms with Crippen molar-refractivity contribution in [3.8, 4) is 0 Å². The third-order valence-electron chi connectivity index (χ3n) is 4.89. The number of carbonyl (C=O) groups excluding carboxylic acids is 2. The third kappa shape index (κ3) is 3.69. The van der Waals surface area contributed by atoms with E-state index in [1.54, 1.807) is 42.5 Å². The van der Waals surface area contributed by atoms with Gasteiger partial charge in [0.15, 0.2) is 0 Å². The van der Waals surface area contributed by atoms with E-state index in [0.29, 0.717) is 11.3 Å². The number of aryl methyl sites for hydroxylation is 1. The van der Waals surface area contributed by atoms with Gasteiger partial charge in [-0.05, 0) is 53.9 Å². The number of aromatic nitrogens is 1. The van der Waals surface area contributed by atoms with Crippen LogP contribution in [0.5, 0.6) is 0 Å². The van der Waals surface area contributed by atoms with Crippen molar-refractivity contribution >= 4 is 27.5 Å². The zero-order valence-corrected chi connectivity index (χ0v) is 17.0. The average molecular weight is 421 g/mol. The van der Waals surface area contributed by atoms with Gasteiger partial charge >= 0.3 is 0 Å². The number of pyridine rings is 1. The van der Waals surface area contributed by atoms with Crippen LogP contribution in [0, 0.1) is 0 Å². The molecule has 1 aliphatic heterocycles. The molecule has 152 valence electrons. The first-order chi connectivity index (χ1) is 14.4. The molecule has 0 spiro atoms. The lowest BCUT2D eigenvalue weighted by atomic mass is 10.1. The summed E-state index contributed by atoms with van der Waals surface area (Å²) in [6.07, 6.45) is 2.27. The lowest BCUT2D eigenvalue weighted by Crippen LogP contribution is -2.29. The van der Waals surface area contributed by atoms with E-state index in [0.717, 1.165) is 16.9 Å². The fourth-order valence-electron chi connectivity index (χ4n) is 3.28. The lowest BCUT2D eigenvalue weighted by molar-refractivity contribution is 0.0640. The summed E-state index contributed by atoms with van der Waals surface area (Å²) in [4.78, 5) is 30.1. The maximum atomic E-state index is 12.7. The number of carbonyl (C=O) groups is 2. The maximum Gasteiger partial charge on any atom is 0.280 e. The highest BCUT2D eigenvalue weighted by Gasteiger charge is 2.36. The molecule has 0 fully saturated rings. The summed E-state index contributed by atoms with van der Waals surface area (Å²) in [5.41, 5.74) is 2.58. The van der Waals surface area contributed by atoms with E-state index in [9.17, 15) is 18.0 Å². The Morgan fingerprint density at radius 1 is 0.933 bits per heavy atom. The smallest absolute Gasteiger partial charge is 0.280 e. The van der Waals surface area contributed by atoms with Crippen LogP contribution in [0.4, 0.5) is 5.69 Å². The van der Waals surface area contributed by atoms with Crippen molar-refractivity contribution in [3.05, 3.63) is 89.2 Å². The van der Waals surface area contributed by atoms with Gasteiger partial charge < -0.3 is 0 Å². The van der Waals surface area contributed by atoms with Crippen molar-refractivity contribution in [2.24, 2.45) is 0 Å². The van der Waals surface area contributed by atoms with Gasteiger partial charge in [-0.1, -0.05) is 31.2 Å². The zero-order valence-electron chi connectivity index (χ0n) is 16.2. The van der Waals surface area contributed by atoms with Crippen LogP contribution in [0.2, 0.25) is 0 Å². The van der Waals surface area contributed by atoms with Crippen LogP contribution in [0.3, 0.4) is 0 Å². The first kappa shape index (κ1) is 19.8. The van der Waals surface area contributed by atoms with Crippen molar-refractivity contribution in [1.82, 2.24) is 9.88 Å². The largest absolute Gasteiger partial charge is 0.280 e. The van der Waals surface area contributed by atoms with Crippen molar-refractivity contribution in [2.45, 2.75) is 24.8 Å². The zero-order chi connectivity index (χ0) is 21.3. The number of nitrogens with one attached hydrogen (secondary N) is 1. The first-order valence-electron chi connectivity index (χ1n) is 9.41. The lowest BCUT2D eigenvalue weighted by Gasteiger charge is -2.14. The minimum absolute atomic E-state index is 0.0420. The second kappa shape index (κ2) is 7.72. The van der Waals surface area contributed by atoms with Crippen LogP contribution < -0.4 is 4.72 Å². The SMILES string of the molecule is CCc1cccc(NS(=O)(=O)c2ccc(CN3C(=O)c4cccnc4C3=O)cc2)c1. The Morgan fingerprint density at radius 3 is 2.40 bits per heavy atom. The first-order valence-corrected chi connectivity index (χ1v) is 10.9. The molecule has 0 atom stereocenters. The highest BCUT2D eigenvalue weighted by atomic mass is 32.2. The van der Waals surface area contributed by atoms with Gasteiger partial charge in [0, 0.05) is 11.9 Å². The highest BCUT2D eigenvalue weighted by molar-refractivity contribution is 7.92. The second-order valence-electron chi connectivity index (χ2n) is 6.90. The molecule has 8 heteroatoms. The minimum atomic E-state index is -3.76. The van der Waals surface area contributed by atoms with E-state index in [1.807, 2.05) is 13.0 Å². The molecule has 2 amide bonds. The summed E-state index contributed by atoms with van der Waals surface area (Å²) in [5.74, 6) is -0.859. The van der Waals surface area contributed by atoms with E-state index in [-0.39, 0.29) is 22.7 Å². The van der Waals surface area contributed by atoms with Gasteiger partial charge in [-0.2, -0.15) is 0 Å². The number of imide groups is 1. The van der Waals surface area contributed by atoms with Crippen molar-refractivity contribution in [1.29, 1.82) is 0 Å². The van der Waals surface area contributed by atoms with Crippen LogP contribution in [-0.4, -0.2) is 30.1 Å². The molecule has 4 rings (SSSR count). The Morgan fingerprint density at radius 2 is 1.70 bits per heavy atom. The Kier molecular flexibility index (Phi) is 5.09. The molecule has 7 nitrogen and oxygen atoms in total. The average Bonchev–Trinajstić information content (AvgIpc) is 2.99. The topological polar surface area (TPSA) is 96.4 Å². The number of rotatable bonds is 6. The quantitative estimate of drug-likeness (QED) is 0.617. The summed E-state index contributed by atoms with van der Waals surface area (Å²) in [5, 5.41) is 0. The van der Waals surface area contributed by atoms with E-state index < -0.39 is 21.8 Å². The minimum Gasteiger partial charge on any atom is -0.280 e. The number of hydrogen-bond acceptors (Lipinski definition) is 5. The van der Waals surface area contributed by atoms with Crippen molar-refractivity contribution in [3.63, 3.8) is 0 Å². The normalized spacial score (nSPS) is 13.4. The van der Waals surface area contributed by atoms with Crippen LogP contribution in [0.1, 0.15) is 38.9 Å². The molecule has 0 aliphatic carbocycles. The Hall–Kier alpha value is -3.52. The monoisotopic (exact) mass is 421 g/mol. The summed E-state index contributed by atoms with van der Waals surface area (Å²) >= 11 is 0. The van der Waals surface area contributed by atoms with E-state index in [4.69, 9.17) is 0 Å². The number of benzene rings is 2. The van der Waals surface area contributed by atoms with Gasteiger partial charge in [0.1, 0.15) is 5.69 Å². The second-order valence-corrected chi connectivity index (χ2v) is 8.58. The number of hydrogen-bond donors (Lipinski definition) is 1. The van der Waals surface area contributed by atoms with E-state index in [1.165, 1.54) is 18.3 Å². The van der Waals surface area contributed by atoms with Crippen LogP contribution >= 0.6 is 0 Å². The van der Waals surface area contributed by atoms with Gasteiger partial charge in [-0.15, -0.1) is 0 Å². The molecule has 0 saturated carbocycles. The maximum absolute atomic E-state index is 12.7. The fourth-order valence-corrected chi connectivity index (χ4v) is 4.33. The molecule has 1 N–H and O–H groups in total. The predicted molar refractivity (Wildman–Crippen MR) is 112 cm³/mol. The summed E-state index contributed by atoms with van der Waals surface area (Å²) in [7, 11) is -3.76. The number of sulfonamides is 1. The Bertz CT molecular complexity index is 1200. The molecule has 0 bridgehead atoms. The van der Waals surface area contributed by atoms with Crippen LogP contribution in [0.15, 0.2) is 71.8 Å². The molecule has 30 heavy (non-hydrogen) atoms. The molecule has 3 aromatic rings. The number of amides is 2. The number of fused-ring (bicyclic) bond motifs is 1. The van der Waals surface area contributed by atoms with Crippen molar-refractivity contribution < 1.29 is 18.0 Å². The molecule has 0 radical (unpaired) electrons. The molecule has 1 aromatic heterocycles. The molecule has 2 aromatic carbocycles. The summed E-state index contributed by atoms with van der Waals surface area (Å²) < 4.78 is 27.9. The summed E-state index contributed by atoms with van der Waals surface area (Å²) in [6.45, 7) is 2.04. The third-order valence-corrected chi connectivity index (χ3v) is 6.29. The van der Waals surface area contributed by atoms with Crippen LogP contribution in [0.25, 0.3) is 0 Å². The van der Waals surface area contributed by atoms with Gasteiger partial charge in [-0.3, -0.25) is 24.2 Å². The fraction of sp³-hybridized carbons (Fsp3) is 0.136. The molecule has 0 saturated heterocycles. The van der Waals surface area contributed by atoms with E-state index >= 15 is 0 Å². The van der Waals surface area contributed by atoms with Gasteiger partial charge in [0.05, 0.1) is 17.0 Å². The Labute approximate surface area is 174 Å². The number of anilines is 1. The molecule has 2 heterocycles. The number of nitrogens with zero attached hydrogens (tertiary/aromatic N) is 2. The highest BCUT2D eigenvalue weighted by Crippen LogP contribution is 2.23. The van der Waals surface area contributed by atoms with Crippen molar-refractivity contribution in [2.75, 3.05) is 4.72 Å². The summed E-state index contributed by atoms with van der Waals surface area (Å²) in [6, 6.07) is 16.5. The molecule has 1 aliphatic rings. The predicted octanol–water partition coefficient (Wildman–Crippen LogP) is 3.24. The van der Waals surface area contributed by atoms with Gasteiger partial charge in [0.2, 0.25) is 0 Å². The van der Waals surface area contributed by atoms with E-state index in [2.05, 4.69) is 9.71 Å². The van der Waals surface area contributed by atoms with Gasteiger partial charge in [0.25, 0.3) is 21.8 Å². The molecular formula is C22H19N3O4S. The Balaban J connectivity index is 1.50.